The SMILES string of the molecule is C[S+](C)c1cccnc1.[Cl-]. The second kappa shape index (κ2) is 4.58. The van der Waals surface area contributed by atoms with Gasteiger partial charge in [-0.3, -0.25) is 4.98 Å². The van der Waals surface area contributed by atoms with Crippen molar-refractivity contribution in [2.45, 2.75) is 4.90 Å². The normalized spacial score (nSPS) is 9.10. The van der Waals surface area contributed by atoms with Crippen LogP contribution in [0.5, 0.6) is 0 Å². The summed E-state index contributed by atoms with van der Waals surface area (Å²) >= 11 is 0. The third-order valence-electron chi connectivity index (χ3n) is 1.11. The van der Waals surface area contributed by atoms with Crippen molar-refractivity contribution in [2.75, 3.05) is 12.5 Å². The molecule has 0 saturated heterocycles. The lowest BCUT2D eigenvalue weighted by Gasteiger charge is -1.91. The maximum atomic E-state index is 4.01. The molecule has 0 unspecified atom stereocenters. The molecule has 0 atom stereocenters. The second-order valence-corrected chi connectivity index (χ2v) is 4.11. The van der Waals surface area contributed by atoms with Crippen molar-refractivity contribution < 1.29 is 12.4 Å². The molecular formula is C7H10ClNS. The highest BCUT2D eigenvalue weighted by atomic mass is 35.5. The van der Waals surface area contributed by atoms with E-state index in [0.29, 0.717) is 10.9 Å². The van der Waals surface area contributed by atoms with Crippen molar-refractivity contribution in [1.82, 2.24) is 4.98 Å². The van der Waals surface area contributed by atoms with Gasteiger partial charge in [-0.1, -0.05) is 0 Å². The largest absolute Gasteiger partial charge is 1.00 e. The molecule has 3 heteroatoms. The first-order chi connectivity index (χ1) is 4.30. The van der Waals surface area contributed by atoms with Gasteiger partial charge in [0.1, 0.15) is 12.5 Å². The average Bonchev–Trinajstić information content (AvgIpc) is 1.90. The number of pyridine rings is 1. The number of rotatable bonds is 1. The summed E-state index contributed by atoms with van der Waals surface area (Å²) in [6, 6.07) is 4.08. The maximum absolute atomic E-state index is 4.01. The Morgan fingerprint density at radius 2 is 2.10 bits per heavy atom. The van der Waals surface area contributed by atoms with E-state index in [9.17, 15) is 0 Å². The van der Waals surface area contributed by atoms with E-state index in [0.717, 1.165) is 0 Å². The van der Waals surface area contributed by atoms with Gasteiger partial charge in [-0.15, -0.1) is 0 Å². The molecule has 0 spiro atoms. The maximum Gasteiger partial charge on any atom is 0.172 e. The third kappa shape index (κ3) is 2.58. The van der Waals surface area contributed by atoms with E-state index in [1.54, 1.807) is 6.20 Å². The number of halogens is 1. The van der Waals surface area contributed by atoms with E-state index in [1.807, 2.05) is 12.3 Å². The molecule has 0 aliphatic rings. The van der Waals surface area contributed by atoms with Crippen LogP contribution in [0.4, 0.5) is 0 Å². The molecule has 1 aromatic heterocycles. The minimum atomic E-state index is 0. The van der Waals surface area contributed by atoms with Gasteiger partial charge >= 0.3 is 0 Å². The van der Waals surface area contributed by atoms with Crippen LogP contribution in [0.2, 0.25) is 0 Å². The number of hydrogen-bond acceptors (Lipinski definition) is 1. The molecule has 0 aromatic carbocycles. The van der Waals surface area contributed by atoms with Crippen LogP contribution in [0.25, 0.3) is 0 Å². The summed E-state index contributed by atoms with van der Waals surface area (Å²) in [6.45, 7) is 0. The van der Waals surface area contributed by atoms with Gasteiger partial charge in [-0.2, -0.15) is 0 Å². The highest BCUT2D eigenvalue weighted by molar-refractivity contribution is 7.95. The van der Waals surface area contributed by atoms with Crippen LogP contribution in [0, 0.1) is 0 Å². The van der Waals surface area contributed by atoms with Crippen molar-refractivity contribution in [3.05, 3.63) is 24.5 Å². The molecule has 10 heavy (non-hydrogen) atoms. The first kappa shape index (κ1) is 9.79. The summed E-state index contributed by atoms with van der Waals surface area (Å²) in [5, 5.41) is 0. The van der Waals surface area contributed by atoms with Gasteiger partial charge < -0.3 is 12.4 Å². The Labute approximate surface area is 70.6 Å². The topological polar surface area (TPSA) is 12.9 Å². The molecule has 0 fully saturated rings. The zero-order valence-corrected chi connectivity index (χ0v) is 7.62. The quantitative estimate of drug-likeness (QED) is 0.465. The number of nitrogens with zero attached hydrogens (tertiary/aromatic N) is 1. The standard InChI is InChI=1S/C7H10NS.ClH/c1-9(2)7-4-3-5-8-6-7;/h3-6H,1-2H3;1H/q+1;/p-1. The van der Waals surface area contributed by atoms with Gasteiger partial charge in [0.05, 0.1) is 6.20 Å². The van der Waals surface area contributed by atoms with Crippen molar-refractivity contribution in [1.29, 1.82) is 0 Å². The molecule has 1 aromatic rings. The molecule has 0 bridgehead atoms. The molecule has 0 aliphatic heterocycles. The summed E-state index contributed by atoms with van der Waals surface area (Å²) in [5.41, 5.74) is 0. The van der Waals surface area contributed by atoms with Crippen LogP contribution in [-0.2, 0) is 10.9 Å². The van der Waals surface area contributed by atoms with Crippen molar-refractivity contribution >= 4 is 10.9 Å². The second-order valence-electron chi connectivity index (χ2n) is 2.01. The Hall–Kier alpha value is -0.210. The van der Waals surface area contributed by atoms with Crippen LogP contribution in [0.3, 0.4) is 0 Å². The molecule has 1 heterocycles. The van der Waals surface area contributed by atoms with Gasteiger partial charge in [0.15, 0.2) is 4.90 Å². The highest BCUT2D eigenvalue weighted by Gasteiger charge is 2.04. The van der Waals surface area contributed by atoms with Gasteiger partial charge in [0, 0.05) is 17.1 Å². The van der Waals surface area contributed by atoms with Crippen molar-refractivity contribution in [3.8, 4) is 0 Å². The molecule has 0 amide bonds. The van der Waals surface area contributed by atoms with Crippen LogP contribution >= 0.6 is 0 Å². The lowest BCUT2D eigenvalue weighted by Crippen LogP contribution is -3.00. The minimum absolute atomic E-state index is 0. The van der Waals surface area contributed by atoms with Gasteiger partial charge in [0.25, 0.3) is 0 Å². The van der Waals surface area contributed by atoms with E-state index in [4.69, 9.17) is 0 Å². The van der Waals surface area contributed by atoms with Crippen LogP contribution in [-0.4, -0.2) is 17.5 Å². The van der Waals surface area contributed by atoms with Crippen LogP contribution in [0.1, 0.15) is 0 Å². The Bertz CT molecular complexity index is 176. The predicted octanol–water partition coefficient (Wildman–Crippen LogP) is -1.68. The predicted molar refractivity (Wildman–Crippen MR) is 41.7 cm³/mol. The molecule has 0 aliphatic carbocycles. The van der Waals surface area contributed by atoms with E-state index < -0.39 is 0 Å². The number of aromatic nitrogens is 1. The fourth-order valence-corrected chi connectivity index (χ4v) is 1.21. The smallest absolute Gasteiger partial charge is 0.172 e. The molecule has 1 nitrogen and oxygen atoms in total. The number of hydrogen-bond donors (Lipinski definition) is 0. The van der Waals surface area contributed by atoms with Crippen LogP contribution in [0.15, 0.2) is 29.4 Å². The Morgan fingerprint density at radius 3 is 2.40 bits per heavy atom. The Balaban J connectivity index is 0.000000810. The summed E-state index contributed by atoms with van der Waals surface area (Å²) in [4.78, 5) is 5.34. The highest BCUT2D eigenvalue weighted by Crippen LogP contribution is 2.04. The fourth-order valence-electron chi connectivity index (χ4n) is 0.589. The summed E-state index contributed by atoms with van der Waals surface area (Å²) in [5.74, 6) is 0. The fraction of sp³-hybridized carbons (Fsp3) is 0.286. The van der Waals surface area contributed by atoms with E-state index in [1.165, 1.54) is 4.90 Å². The molecule has 0 radical (unpaired) electrons. The van der Waals surface area contributed by atoms with Crippen molar-refractivity contribution in [3.63, 3.8) is 0 Å². The summed E-state index contributed by atoms with van der Waals surface area (Å²) in [6.07, 6.45) is 8.10. The first-order valence-corrected chi connectivity index (χ1v) is 4.82. The van der Waals surface area contributed by atoms with E-state index in [-0.39, 0.29) is 12.4 Å². The molecule has 0 N–H and O–H groups in total. The zero-order chi connectivity index (χ0) is 6.69. The third-order valence-corrected chi connectivity index (χ3v) is 2.29. The first-order valence-electron chi connectivity index (χ1n) is 2.78. The molecule has 0 saturated carbocycles. The molecule has 56 valence electrons. The Morgan fingerprint density at radius 1 is 1.40 bits per heavy atom. The average molecular weight is 176 g/mol. The monoisotopic (exact) mass is 175 g/mol. The molecule has 1 rings (SSSR count). The van der Waals surface area contributed by atoms with Crippen LogP contribution < -0.4 is 12.4 Å². The van der Waals surface area contributed by atoms with Gasteiger partial charge in [-0.25, -0.2) is 0 Å². The Kier molecular flexibility index (Phi) is 4.49. The summed E-state index contributed by atoms with van der Waals surface area (Å²) < 4.78 is 0. The minimum Gasteiger partial charge on any atom is -1.00 e. The lowest BCUT2D eigenvalue weighted by atomic mass is 10.5. The van der Waals surface area contributed by atoms with E-state index in [2.05, 4.69) is 23.6 Å². The van der Waals surface area contributed by atoms with E-state index >= 15 is 0 Å². The van der Waals surface area contributed by atoms with Gasteiger partial charge in [0.2, 0.25) is 0 Å². The zero-order valence-electron chi connectivity index (χ0n) is 6.04. The van der Waals surface area contributed by atoms with Crippen molar-refractivity contribution in [2.24, 2.45) is 0 Å². The molecular weight excluding hydrogens is 166 g/mol. The lowest BCUT2D eigenvalue weighted by molar-refractivity contribution is -0.00000204. The van der Waals surface area contributed by atoms with Gasteiger partial charge in [-0.05, 0) is 12.1 Å². The summed E-state index contributed by atoms with van der Waals surface area (Å²) in [7, 11) is 0.359.